The minimum absolute atomic E-state index is 0.0215. The van der Waals surface area contributed by atoms with Crippen LogP contribution >= 0.6 is 0 Å². The van der Waals surface area contributed by atoms with Gasteiger partial charge < -0.3 is 23.7 Å². The number of hydrogen-bond donors (Lipinski definition) is 0. The Labute approximate surface area is 165 Å². The molecule has 0 aromatic carbocycles. The highest BCUT2D eigenvalue weighted by molar-refractivity contribution is 4.90. The molecule has 2 aliphatic heterocycles. The molecule has 0 aliphatic carbocycles. The largest absolute Gasteiger partial charge is 0.473 e. The van der Waals surface area contributed by atoms with Crippen molar-refractivity contribution >= 4 is 0 Å². The van der Waals surface area contributed by atoms with E-state index in [0.717, 1.165) is 13.0 Å². The van der Waals surface area contributed by atoms with Crippen molar-refractivity contribution in [2.75, 3.05) is 13.2 Å². The normalized spacial score (nSPS) is 30.4. The molecule has 0 radical (unpaired) electrons. The Morgan fingerprint density at radius 1 is 1.04 bits per heavy atom. The van der Waals surface area contributed by atoms with Gasteiger partial charge in [0.15, 0.2) is 5.79 Å². The Kier molecular flexibility index (Phi) is 10.1. The van der Waals surface area contributed by atoms with Crippen LogP contribution in [0.15, 0.2) is 12.3 Å². The molecule has 0 saturated carbocycles. The van der Waals surface area contributed by atoms with Crippen LogP contribution in [0.25, 0.3) is 0 Å². The molecule has 2 saturated heterocycles. The van der Waals surface area contributed by atoms with Crippen LogP contribution in [0.5, 0.6) is 0 Å². The van der Waals surface area contributed by atoms with E-state index < -0.39 is 5.79 Å². The topological polar surface area (TPSA) is 46.2 Å². The fraction of sp³-hybridized carbons (Fsp3) is 0.909. The zero-order valence-corrected chi connectivity index (χ0v) is 17.8. The van der Waals surface area contributed by atoms with Gasteiger partial charge in [-0.25, -0.2) is 0 Å². The summed E-state index contributed by atoms with van der Waals surface area (Å²) in [6.45, 7) is 9.35. The van der Waals surface area contributed by atoms with Crippen LogP contribution in [0.3, 0.4) is 0 Å². The first kappa shape index (κ1) is 22.7. The van der Waals surface area contributed by atoms with Crippen molar-refractivity contribution < 1.29 is 23.7 Å². The molecular formula is C22H40O5. The summed E-state index contributed by atoms with van der Waals surface area (Å²) < 4.78 is 29.8. The van der Waals surface area contributed by atoms with E-state index in [2.05, 4.69) is 6.92 Å². The molecule has 0 spiro atoms. The van der Waals surface area contributed by atoms with Crippen LogP contribution in [0.4, 0.5) is 0 Å². The van der Waals surface area contributed by atoms with Crippen molar-refractivity contribution in [2.24, 2.45) is 0 Å². The molecular weight excluding hydrogens is 344 g/mol. The van der Waals surface area contributed by atoms with Crippen molar-refractivity contribution in [1.29, 1.82) is 0 Å². The number of unbranched alkanes of at least 4 members (excludes halogenated alkanes) is 7. The van der Waals surface area contributed by atoms with Gasteiger partial charge in [0.25, 0.3) is 0 Å². The second-order valence-corrected chi connectivity index (χ2v) is 8.12. The van der Waals surface area contributed by atoms with Gasteiger partial charge in [0.1, 0.15) is 12.2 Å². The minimum Gasteiger partial charge on any atom is -0.473 e. The molecule has 0 bridgehead atoms. The second-order valence-electron chi connectivity index (χ2n) is 8.12. The van der Waals surface area contributed by atoms with E-state index >= 15 is 0 Å². The SMILES string of the molecule is C/C=C\O[C@@H]1C[C@@H](OCCCCCCCCCC)[C@@H]2OC(C)(C)OC[C@H]2O1. The zero-order valence-electron chi connectivity index (χ0n) is 17.8. The molecule has 2 fully saturated rings. The van der Waals surface area contributed by atoms with Gasteiger partial charge in [-0.15, -0.1) is 0 Å². The molecule has 4 atom stereocenters. The lowest BCUT2D eigenvalue weighted by Gasteiger charge is -2.47. The summed E-state index contributed by atoms with van der Waals surface area (Å²) in [5.74, 6) is -0.596. The van der Waals surface area contributed by atoms with Gasteiger partial charge in [-0.3, -0.25) is 0 Å². The summed E-state index contributed by atoms with van der Waals surface area (Å²) in [6.07, 6.45) is 14.0. The van der Waals surface area contributed by atoms with Crippen molar-refractivity contribution in [2.45, 2.75) is 116 Å². The molecule has 27 heavy (non-hydrogen) atoms. The molecule has 5 nitrogen and oxygen atoms in total. The summed E-state index contributed by atoms with van der Waals surface area (Å²) in [6, 6.07) is 0. The maximum atomic E-state index is 6.24. The second kappa shape index (κ2) is 12.1. The highest BCUT2D eigenvalue weighted by atomic mass is 16.8. The lowest BCUT2D eigenvalue weighted by atomic mass is 9.99. The van der Waals surface area contributed by atoms with E-state index in [1.54, 1.807) is 6.26 Å². The van der Waals surface area contributed by atoms with E-state index in [1.807, 2.05) is 26.8 Å². The Balaban J connectivity index is 1.73. The maximum Gasteiger partial charge on any atom is 0.202 e. The summed E-state index contributed by atoms with van der Waals surface area (Å²) >= 11 is 0. The van der Waals surface area contributed by atoms with Crippen molar-refractivity contribution in [3.8, 4) is 0 Å². The van der Waals surface area contributed by atoms with Gasteiger partial charge in [-0.2, -0.15) is 0 Å². The van der Waals surface area contributed by atoms with Crippen LogP contribution in [-0.2, 0) is 23.7 Å². The third-order valence-electron chi connectivity index (χ3n) is 5.20. The van der Waals surface area contributed by atoms with E-state index in [0.29, 0.717) is 13.0 Å². The third kappa shape index (κ3) is 8.10. The van der Waals surface area contributed by atoms with Crippen LogP contribution in [0, 0.1) is 0 Å². The van der Waals surface area contributed by atoms with Crippen molar-refractivity contribution in [3.63, 3.8) is 0 Å². The van der Waals surface area contributed by atoms with Gasteiger partial charge in [0, 0.05) is 13.0 Å². The van der Waals surface area contributed by atoms with Crippen molar-refractivity contribution in [3.05, 3.63) is 12.3 Å². The Bertz CT molecular complexity index is 423. The molecule has 2 heterocycles. The fourth-order valence-electron chi connectivity index (χ4n) is 3.71. The van der Waals surface area contributed by atoms with E-state index in [-0.39, 0.29) is 24.6 Å². The number of fused-ring (bicyclic) bond motifs is 1. The third-order valence-corrected chi connectivity index (χ3v) is 5.20. The molecule has 2 rings (SSSR count). The maximum absolute atomic E-state index is 6.24. The first-order chi connectivity index (χ1) is 13.1. The molecule has 0 unspecified atom stereocenters. The summed E-state index contributed by atoms with van der Waals surface area (Å²) in [4.78, 5) is 0. The van der Waals surface area contributed by atoms with E-state index in [9.17, 15) is 0 Å². The van der Waals surface area contributed by atoms with Crippen LogP contribution < -0.4 is 0 Å². The highest BCUT2D eigenvalue weighted by Gasteiger charge is 2.47. The van der Waals surface area contributed by atoms with E-state index in [4.69, 9.17) is 23.7 Å². The van der Waals surface area contributed by atoms with Crippen LogP contribution in [-0.4, -0.2) is 43.6 Å². The molecule has 0 N–H and O–H groups in total. The Hall–Kier alpha value is -0.620. The standard InChI is InChI=1S/C22H40O5/c1-5-7-8-9-10-11-12-13-15-23-18-16-20(24-14-6-2)26-19-17-25-22(3,4)27-21(18)19/h6,14,18-21H,5,7-13,15-17H2,1-4H3/b14-6-/t18-,19-,20+,21+/m1/s1. The average Bonchev–Trinajstić information content (AvgIpc) is 2.64. The zero-order chi connectivity index (χ0) is 19.5. The summed E-state index contributed by atoms with van der Waals surface area (Å²) in [5, 5.41) is 0. The van der Waals surface area contributed by atoms with Gasteiger partial charge in [-0.05, 0) is 27.2 Å². The number of ether oxygens (including phenoxy) is 5. The first-order valence-electron chi connectivity index (χ1n) is 10.9. The first-order valence-corrected chi connectivity index (χ1v) is 10.9. The van der Waals surface area contributed by atoms with Crippen LogP contribution in [0.1, 0.15) is 85.5 Å². The van der Waals surface area contributed by atoms with Gasteiger partial charge >= 0.3 is 0 Å². The lowest BCUT2D eigenvalue weighted by Crippen LogP contribution is -2.59. The van der Waals surface area contributed by atoms with Gasteiger partial charge in [0.2, 0.25) is 6.29 Å². The monoisotopic (exact) mass is 384 g/mol. The predicted molar refractivity (Wildman–Crippen MR) is 106 cm³/mol. The quantitative estimate of drug-likeness (QED) is 0.336. The highest BCUT2D eigenvalue weighted by Crippen LogP contribution is 2.34. The molecule has 0 aromatic heterocycles. The molecule has 0 aromatic rings. The number of hydrogen-bond acceptors (Lipinski definition) is 5. The number of allylic oxidation sites excluding steroid dienone is 1. The lowest BCUT2D eigenvalue weighted by molar-refractivity contribution is -0.363. The van der Waals surface area contributed by atoms with Gasteiger partial charge in [0.05, 0.1) is 19.0 Å². The smallest absolute Gasteiger partial charge is 0.202 e. The summed E-state index contributed by atoms with van der Waals surface area (Å²) in [5.41, 5.74) is 0. The average molecular weight is 385 g/mol. The number of rotatable bonds is 12. The van der Waals surface area contributed by atoms with E-state index in [1.165, 1.54) is 44.9 Å². The Morgan fingerprint density at radius 2 is 1.74 bits per heavy atom. The molecule has 5 heteroatoms. The van der Waals surface area contributed by atoms with Crippen LogP contribution in [0.2, 0.25) is 0 Å². The Morgan fingerprint density at radius 3 is 2.44 bits per heavy atom. The summed E-state index contributed by atoms with van der Waals surface area (Å²) in [7, 11) is 0. The molecule has 2 aliphatic rings. The fourth-order valence-corrected chi connectivity index (χ4v) is 3.71. The molecule has 158 valence electrons. The van der Waals surface area contributed by atoms with Gasteiger partial charge in [-0.1, -0.05) is 57.9 Å². The molecule has 0 amide bonds. The van der Waals surface area contributed by atoms with Crippen molar-refractivity contribution in [1.82, 2.24) is 0 Å². The minimum atomic E-state index is -0.596. The predicted octanol–water partition coefficient (Wildman–Crippen LogP) is 5.33.